The lowest BCUT2D eigenvalue weighted by atomic mass is 10.3. The topological polar surface area (TPSA) is 69.0 Å². The van der Waals surface area contributed by atoms with Gasteiger partial charge >= 0.3 is 6.09 Å². The first kappa shape index (κ1) is 16.3. The van der Waals surface area contributed by atoms with Crippen molar-refractivity contribution >= 4 is 35.1 Å². The number of anilines is 1. The van der Waals surface area contributed by atoms with Crippen molar-refractivity contribution in [2.24, 2.45) is 0 Å². The number of ether oxygens (including phenoxy) is 1. The Balaban J connectivity index is 1.85. The fraction of sp³-hybridized carbons (Fsp3) is 0.0625. The molecule has 1 amide bonds. The third kappa shape index (κ3) is 3.67. The van der Waals surface area contributed by atoms with Crippen LogP contribution in [-0.2, 0) is 0 Å². The van der Waals surface area contributed by atoms with Gasteiger partial charge in [0.05, 0.1) is 15.7 Å². The maximum Gasteiger partial charge on any atom is 0.418 e. The van der Waals surface area contributed by atoms with Crippen molar-refractivity contribution in [3.05, 3.63) is 64.4 Å². The number of para-hydroxylation sites is 1. The standard InChI is InChI=1S/C16H12Cl2N4O2/c1-10-7-14(20-16(23)24-12-5-3-2-4-6-12)22(21-10)15-13(18)8-11(17)9-19-15/h2-9H,1H3,(H,20,23). The quantitative estimate of drug-likeness (QED) is 0.744. The summed E-state index contributed by atoms with van der Waals surface area (Å²) in [6, 6.07) is 12.0. The van der Waals surface area contributed by atoms with Crippen molar-refractivity contribution in [1.29, 1.82) is 0 Å². The summed E-state index contributed by atoms with van der Waals surface area (Å²) in [7, 11) is 0. The van der Waals surface area contributed by atoms with Crippen LogP contribution < -0.4 is 10.1 Å². The average Bonchev–Trinajstić information content (AvgIpc) is 2.88. The van der Waals surface area contributed by atoms with Gasteiger partial charge < -0.3 is 4.74 Å². The Bertz CT molecular complexity index is 881. The molecule has 3 rings (SSSR count). The molecule has 0 aliphatic heterocycles. The van der Waals surface area contributed by atoms with Crippen molar-refractivity contribution in [2.45, 2.75) is 6.92 Å². The Labute approximate surface area is 148 Å². The van der Waals surface area contributed by atoms with Gasteiger partial charge in [-0.2, -0.15) is 9.78 Å². The van der Waals surface area contributed by atoms with Crippen molar-refractivity contribution in [3.63, 3.8) is 0 Å². The van der Waals surface area contributed by atoms with Crippen LogP contribution in [0, 0.1) is 6.92 Å². The molecule has 0 aliphatic carbocycles. The third-order valence-corrected chi connectivity index (χ3v) is 3.49. The lowest BCUT2D eigenvalue weighted by Gasteiger charge is -2.10. The van der Waals surface area contributed by atoms with Gasteiger partial charge in [-0.3, -0.25) is 5.32 Å². The predicted molar refractivity (Wildman–Crippen MR) is 92.2 cm³/mol. The second-order valence-corrected chi connectivity index (χ2v) is 5.71. The molecule has 2 heterocycles. The van der Waals surface area contributed by atoms with Crippen molar-refractivity contribution in [3.8, 4) is 11.6 Å². The molecule has 2 aromatic heterocycles. The van der Waals surface area contributed by atoms with Gasteiger partial charge in [-0.1, -0.05) is 41.4 Å². The molecule has 0 radical (unpaired) electrons. The van der Waals surface area contributed by atoms with Gasteiger partial charge in [-0.05, 0) is 25.1 Å². The molecule has 8 heteroatoms. The van der Waals surface area contributed by atoms with Gasteiger partial charge in [0.15, 0.2) is 5.82 Å². The summed E-state index contributed by atoms with van der Waals surface area (Å²) in [5.41, 5.74) is 0.679. The van der Waals surface area contributed by atoms with Crippen molar-refractivity contribution in [1.82, 2.24) is 14.8 Å². The molecule has 0 aliphatic rings. The van der Waals surface area contributed by atoms with E-state index >= 15 is 0 Å². The van der Waals surface area contributed by atoms with E-state index in [0.29, 0.717) is 33.1 Å². The Hall–Kier alpha value is -2.57. The molecule has 0 saturated carbocycles. The highest BCUT2D eigenvalue weighted by molar-refractivity contribution is 6.35. The molecule has 0 unspecified atom stereocenters. The minimum atomic E-state index is -0.646. The molecule has 0 fully saturated rings. The van der Waals surface area contributed by atoms with Crippen LogP contribution in [0.25, 0.3) is 5.82 Å². The largest absolute Gasteiger partial charge is 0.418 e. The number of carbonyl (C=O) groups is 1. The molecule has 1 N–H and O–H groups in total. The number of halogens is 2. The molecule has 6 nitrogen and oxygen atoms in total. The molecular formula is C16H12Cl2N4O2. The van der Waals surface area contributed by atoms with Gasteiger partial charge in [-0.15, -0.1) is 0 Å². The number of benzene rings is 1. The highest BCUT2D eigenvalue weighted by Crippen LogP contribution is 2.25. The maximum atomic E-state index is 12.1. The van der Waals surface area contributed by atoms with Crippen LogP contribution in [0.4, 0.5) is 10.6 Å². The smallest absolute Gasteiger partial charge is 0.410 e. The number of hydrogen-bond acceptors (Lipinski definition) is 4. The monoisotopic (exact) mass is 362 g/mol. The summed E-state index contributed by atoms with van der Waals surface area (Å²) < 4.78 is 6.62. The van der Waals surface area contributed by atoms with Crippen LogP contribution in [0.1, 0.15) is 5.69 Å². The number of nitrogens with zero attached hydrogens (tertiary/aromatic N) is 3. The predicted octanol–water partition coefficient (Wildman–Crippen LogP) is 4.49. The summed E-state index contributed by atoms with van der Waals surface area (Å²) in [5, 5.41) is 7.63. The van der Waals surface area contributed by atoms with E-state index in [2.05, 4.69) is 15.4 Å². The molecule has 1 aromatic carbocycles. The normalized spacial score (nSPS) is 10.5. The van der Waals surface area contributed by atoms with Gasteiger partial charge in [0.25, 0.3) is 0 Å². The van der Waals surface area contributed by atoms with Crippen molar-refractivity contribution < 1.29 is 9.53 Å². The Morgan fingerprint density at radius 2 is 1.96 bits per heavy atom. The first-order valence-corrected chi connectivity index (χ1v) is 7.70. The Morgan fingerprint density at radius 1 is 1.21 bits per heavy atom. The van der Waals surface area contributed by atoms with Crippen LogP contribution in [0.2, 0.25) is 10.0 Å². The SMILES string of the molecule is Cc1cc(NC(=O)Oc2ccccc2)n(-c2ncc(Cl)cc2Cl)n1. The maximum absolute atomic E-state index is 12.1. The fourth-order valence-electron chi connectivity index (χ4n) is 2.04. The Kier molecular flexibility index (Phi) is 4.69. The van der Waals surface area contributed by atoms with E-state index in [1.165, 1.54) is 10.9 Å². The number of nitrogens with one attached hydrogen (secondary N) is 1. The zero-order valence-corrected chi connectivity index (χ0v) is 14.0. The van der Waals surface area contributed by atoms with E-state index < -0.39 is 6.09 Å². The molecule has 122 valence electrons. The molecule has 0 spiro atoms. The average molecular weight is 363 g/mol. The van der Waals surface area contributed by atoms with Crippen molar-refractivity contribution in [2.75, 3.05) is 5.32 Å². The summed E-state index contributed by atoms with van der Waals surface area (Å²) in [6.45, 7) is 1.79. The third-order valence-electron chi connectivity index (χ3n) is 3.00. The second kappa shape index (κ2) is 6.90. The van der Waals surface area contributed by atoms with Crippen LogP contribution in [0.3, 0.4) is 0 Å². The molecule has 0 atom stereocenters. The minimum Gasteiger partial charge on any atom is -0.410 e. The molecule has 24 heavy (non-hydrogen) atoms. The zero-order valence-electron chi connectivity index (χ0n) is 12.5. The number of pyridine rings is 1. The summed E-state index contributed by atoms with van der Waals surface area (Å²) in [4.78, 5) is 16.2. The van der Waals surface area contributed by atoms with Gasteiger partial charge in [0, 0.05) is 12.3 Å². The lowest BCUT2D eigenvalue weighted by molar-refractivity contribution is 0.215. The van der Waals surface area contributed by atoms with E-state index in [-0.39, 0.29) is 0 Å². The lowest BCUT2D eigenvalue weighted by Crippen LogP contribution is -2.19. The second-order valence-electron chi connectivity index (χ2n) is 4.87. The summed E-state index contributed by atoms with van der Waals surface area (Å²) in [6.07, 6.45) is 0.804. The van der Waals surface area contributed by atoms with E-state index in [1.54, 1.807) is 43.3 Å². The molecule has 0 bridgehead atoms. The Morgan fingerprint density at radius 3 is 2.67 bits per heavy atom. The molecule has 3 aromatic rings. The fourth-order valence-corrected chi connectivity index (χ4v) is 2.50. The number of aromatic nitrogens is 3. The first-order chi connectivity index (χ1) is 11.5. The summed E-state index contributed by atoms with van der Waals surface area (Å²) >= 11 is 12.0. The van der Waals surface area contributed by atoms with E-state index in [9.17, 15) is 4.79 Å². The molecule has 0 saturated heterocycles. The van der Waals surface area contributed by atoms with Gasteiger partial charge in [-0.25, -0.2) is 9.78 Å². The molecular weight excluding hydrogens is 351 g/mol. The van der Waals surface area contributed by atoms with Gasteiger partial charge in [0.2, 0.25) is 0 Å². The first-order valence-electron chi connectivity index (χ1n) is 6.95. The highest BCUT2D eigenvalue weighted by Gasteiger charge is 2.15. The number of rotatable bonds is 3. The number of aryl methyl sites for hydroxylation is 1. The summed E-state index contributed by atoms with van der Waals surface area (Å²) in [5.74, 6) is 1.16. The van der Waals surface area contributed by atoms with Crippen LogP contribution in [-0.4, -0.2) is 20.9 Å². The number of amides is 1. The zero-order chi connectivity index (χ0) is 17.1. The van der Waals surface area contributed by atoms with Crippen LogP contribution >= 0.6 is 23.2 Å². The van der Waals surface area contributed by atoms with E-state index in [4.69, 9.17) is 27.9 Å². The van der Waals surface area contributed by atoms with Crippen LogP contribution in [0.15, 0.2) is 48.7 Å². The minimum absolute atomic E-state index is 0.310. The van der Waals surface area contributed by atoms with E-state index in [1.807, 2.05) is 6.07 Å². The van der Waals surface area contributed by atoms with E-state index in [0.717, 1.165) is 0 Å². The number of carbonyl (C=O) groups excluding carboxylic acids is 1. The highest BCUT2D eigenvalue weighted by atomic mass is 35.5. The number of hydrogen-bond donors (Lipinski definition) is 1. The van der Waals surface area contributed by atoms with Crippen LogP contribution in [0.5, 0.6) is 5.75 Å². The van der Waals surface area contributed by atoms with Gasteiger partial charge in [0.1, 0.15) is 11.6 Å².